The number of rotatable bonds is 6. The quantitative estimate of drug-likeness (QED) is 0.397. The Hall–Kier alpha value is -1.84. The molecule has 2 fully saturated rings. The van der Waals surface area contributed by atoms with E-state index in [4.69, 9.17) is 4.74 Å². The summed E-state index contributed by atoms with van der Waals surface area (Å²) in [6, 6.07) is 8.57. The summed E-state index contributed by atoms with van der Waals surface area (Å²) in [6.45, 7) is 8.28. The number of benzene rings is 1. The first-order valence-corrected chi connectivity index (χ1v) is 11.6. The van der Waals surface area contributed by atoms with E-state index >= 15 is 0 Å². The molecule has 1 aromatic carbocycles. The zero-order valence-electron chi connectivity index (χ0n) is 17.1. The SMILES string of the molecule is CC(C)C=C=CC(=O)O[C@H]1C[C@@H]2CC[C@@]1(CS(=O)(=O)c1ccccc1)C2(C)C. The maximum Gasteiger partial charge on any atom is 0.338 e. The molecule has 0 aromatic heterocycles. The highest BCUT2D eigenvalue weighted by Crippen LogP contribution is 2.67. The van der Waals surface area contributed by atoms with Gasteiger partial charge in [-0.25, -0.2) is 13.2 Å². The third-order valence-electron chi connectivity index (χ3n) is 6.80. The van der Waals surface area contributed by atoms with Crippen LogP contribution in [0.4, 0.5) is 0 Å². The summed E-state index contributed by atoms with van der Waals surface area (Å²) >= 11 is 0. The van der Waals surface area contributed by atoms with Crippen LogP contribution < -0.4 is 0 Å². The fraction of sp³-hybridized carbons (Fsp3) is 0.565. The van der Waals surface area contributed by atoms with E-state index in [0.717, 1.165) is 19.3 Å². The zero-order chi connectivity index (χ0) is 20.6. The number of ether oxygens (including phenoxy) is 1. The van der Waals surface area contributed by atoms with Gasteiger partial charge in [-0.2, -0.15) is 0 Å². The molecule has 2 saturated carbocycles. The van der Waals surface area contributed by atoms with Crippen LogP contribution in [0.1, 0.15) is 47.0 Å². The number of sulfone groups is 1. The monoisotopic (exact) mass is 402 g/mol. The van der Waals surface area contributed by atoms with E-state index < -0.39 is 21.2 Å². The molecular weight excluding hydrogens is 372 g/mol. The molecule has 2 aliphatic carbocycles. The van der Waals surface area contributed by atoms with Crippen molar-refractivity contribution in [3.05, 3.63) is 48.2 Å². The van der Waals surface area contributed by atoms with Crippen molar-refractivity contribution in [1.82, 2.24) is 0 Å². The van der Waals surface area contributed by atoms with Crippen LogP contribution in [-0.2, 0) is 19.4 Å². The Morgan fingerprint density at radius 3 is 2.57 bits per heavy atom. The van der Waals surface area contributed by atoms with Crippen molar-refractivity contribution < 1.29 is 17.9 Å². The van der Waals surface area contributed by atoms with E-state index in [9.17, 15) is 13.2 Å². The molecule has 0 amide bonds. The summed E-state index contributed by atoms with van der Waals surface area (Å²) in [5.41, 5.74) is 2.11. The normalized spacial score (nSPS) is 28.0. The van der Waals surface area contributed by atoms with E-state index in [1.165, 1.54) is 6.08 Å². The van der Waals surface area contributed by atoms with Gasteiger partial charge < -0.3 is 4.74 Å². The Bertz CT molecular complexity index is 892. The van der Waals surface area contributed by atoms with Gasteiger partial charge in [0, 0.05) is 5.41 Å². The number of hydrogen-bond donors (Lipinski definition) is 0. The van der Waals surface area contributed by atoms with Gasteiger partial charge in [0.15, 0.2) is 9.84 Å². The fourth-order valence-corrected chi connectivity index (χ4v) is 7.16. The lowest BCUT2D eigenvalue weighted by Gasteiger charge is -2.41. The van der Waals surface area contributed by atoms with Gasteiger partial charge in [0.2, 0.25) is 0 Å². The molecule has 0 heterocycles. The molecule has 3 rings (SSSR count). The van der Waals surface area contributed by atoms with E-state index in [-0.39, 0.29) is 17.3 Å². The van der Waals surface area contributed by atoms with E-state index in [1.54, 1.807) is 24.3 Å². The number of hydrogen-bond acceptors (Lipinski definition) is 4. The summed E-state index contributed by atoms with van der Waals surface area (Å²) in [5, 5.41) is 0. The molecule has 2 bridgehead atoms. The standard InChI is InChI=1S/C23H30O4S/c1-17(2)9-8-12-21(24)27-20-15-18-13-14-23(20,22(18,3)4)16-28(25,26)19-10-6-5-7-11-19/h5-7,9-12,17-18,20H,13-16H2,1-4H3/t8?,18-,20-,23-/m0/s1. The summed E-state index contributed by atoms with van der Waals surface area (Å²) < 4.78 is 32.1. The Morgan fingerprint density at radius 2 is 1.96 bits per heavy atom. The van der Waals surface area contributed by atoms with Crippen LogP contribution in [0.3, 0.4) is 0 Å². The lowest BCUT2D eigenvalue weighted by Crippen LogP contribution is -2.46. The minimum Gasteiger partial charge on any atom is -0.458 e. The van der Waals surface area contributed by atoms with Gasteiger partial charge in [0.25, 0.3) is 0 Å². The summed E-state index contributed by atoms with van der Waals surface area (Å²) in [6.07, 6.45) is 5.21. The second-order valence-electron chi connectivity index (χ2n) is 9.07. The highest BCUT2D eigenvalue weighted by molar-refractivity contribution is 7.91. The minimum atomic E-state index is -3.48. The van der Waals surface area contributed by atoms with Crippen LogP contribution in [0.25, 0.3) is 0 Å². The predicted molar refractivity (Wildman–Crippen MR) is 109 cm³/mol. The number of esters is 1. The van der Waals surface area contributed by atoms with E-state index in [0.29, 0.717) is 16.7 Å². The smallest absolute Gasteiger partial charge is 0.338 e. The number of carbonyl (C=O) groups excluding carboxylic acids is 1. The highest BCUT2D eigenvalue weighted by atomic mass is 32.2. The summed E-state index contributed by atoms with van der Waals surface area (Å²) in [5.74, 6) is 0.234. The molecule has 5 heteroatoms. The van der Waals surface area contributed by atoms with Crippen LogP contribution in [0, 0.1) is 22.7 Å². The van der Waals surface area contributed by atoms with Crippen LogP contribution in [-0.4, -0.2) is 26.2 Å². The van der Waals surface area contributed by atoms with Gasteiger partial charge in [0.1, 0.15) is 6.10 Å². The Labute approximate surface area is 168 Å². The van der Waals surface area contributed by atoms with Crippen molar-refractivity contribution in [3.63, 3.8) is 0 Å². The fourth-order valence-electron chi connectivity index (χ4n) is 5.04. The van der Waals surface area contributed by atoms with Crippen molar-refractivity contribution in [2.45, 2.75) is 58.0 Å². The Balaban J connectivity index is 1.88. The molecule has 28 heavy (non-hydrogen) atoms. The van der Waals surface area contributed by atoms with Gasteiger partial charge in [0.05, 0.1) is 16.7 Å². The van der Waals surface area contributed by atoms with E-state index in [1.807, 2.05) is 26.0 Å². The Morgan fingerprint density at radius 1 is 1.29 bits per heavy atom. The summed E-state index contributed by atoms with van der Waals surface area (Å²) in [7, 11) is -3.48. The van der Waals surface area contributed by atoms with Crippen molar-refractivity contribution in [1.29, 1.82) is 0 Å². The van der Waals surface area contributed by atoms with Crippen LogP contribution in [0.2, 0.25) is 0 Å². The van der Waals surface area contributed by atoms with Gasteiger partial charge >= 0.3 is 5.97 Å². The molecular formula is C23H30O4S. The molecule has 0 radical (unpaired) electrons. The molecule has 1 aromatic rings. The highest BCUT2D eigenvalue weighted by Gasteiger charge is 2.66. The topological polar surface area (TPSA) is 60.4 Å². The molecule has 0 unspecified atom stereocenters. The van der Waals surface area contributed by atoms with Crippen molar-refractivity contribution in [3.8, 4) is 0 Å². The molecule has 3 atom stereocenters. The lowest BCUT2D eigenvalue weighted by atomic mass is 9.69. The zero-order valence-corrected chi connectivity index (χ0v) is 18.0. The molecule has 152 valence electrons. The number of carbonyl (C=O) groups is 1. The molecule has 2 aliphatic rings. The maximum absolute atomic E-state index is 13.2. The van der Waals surface area contributed by atoms with Crippen molar-refractivity contribution in [2.24, 2.45) is 22.7 Å². The van der Waals surface area contributed by atoms with E-state index in [2.05, 4.69) is 19.6 Å². The van der Waals surface area contributed by atoms with Gasteiger partial charge in [-0.05, 0) is 54.7 Å². The average Bonchev–Trinajstić information content (AvgIpc) is 2.96. The molecule has 0 spiro atoms. The molecule has 0 N–H and O–H groups in total. The van der Waals surface area contributed by atoms with Crippen molar-refractivity contribution >= 4 is 15.8 Å². The minimum absolute atomic E-state index is 0.0109. The maximum atomic E-state index is 13.2. The molecule has 0 aliphatic heterocycles. The first-order chi connectivity index (χ1) is 13.1. The largest absolute Gasteiger partial charge is 0.458 e. The second kappa shape index (κ2) is 7.53. The second-order valence-corrected chi connectivity index (χ2v) is 11.1. The third kappa shape index (κ3) is 3.70. The molecule has 4 nitrogen and oxygen atoms in total. The first kappa shape index (κ1) is 20.9. The molecule has 0 saturated heterocycles. The van der Waals surface area contributed by atoms with Gasteiger partial charge in [-0.15, -0.1) is 5.73 Å². The van der Waals surface area contributed by atoms with Crippen LogP contribution >= 0.6 is 0 Å². The average molecular weight is 403 g/mol. The summed E-state index contributed by atoms with van der Waals surface area (Å²) in [4.78, 5) is 12.7. The van der Waals surface area contributed by atoms with Crippen molar-refractivity contribution in [2.75, 3.05) is 5.75 Å². The third-order valence-corrected chi connectivity index (χ3v) is 8.68. The van der Waals surface area contributed by atoms with Crippen LogP contribution in [0.15, 0.2) is 53.1 Å². The first-order valence-electron chi connectivity index (χ1n) is 9.99. The van der Waals surface area contributed by atoms with Gasteiger partial charge in [-0.3, -0.25) is 0 Å². The predicted octanol–water partition coefficient (Wildman–Crippen LogP) is 4.57. The van der Waals surface area contributed by atoms with Gasteiger partial charge in [-0.1, -0.05) is 45.9 Å². The Kier molecular flexibility index (Phi) is 5.62. The van der Waals surface area contributed by atoms with Crippen LogP contribution in [0.5, 0.6) is 0 Å². The number of fused-ring (bicyclic) bond motifs is 2. The lowest BCUT2D eigenvalue weighted by molar-refractivity contribution is -0.150.